The van der Waals surface area contributed by atoms with Crippen LogP contribution >= 0.6 is 6.72 Å². The van der Waals surface area contributed by atoms with Gasteiger partial charge in [-0.15, -0.1) is 0 Å². The monoisotopic (exact) mass is 214 g/mol. The van der Waals surface area contributed by atoms with Gasteiger partial charge in [0.15, 0.2) is 0 Å². The normalized spacial score (nSPS) is 11.8. The van der Waals surface area contributed by atoms with Crippen LogP contribution in [0.15, 0.2) is 0 Å². The second-order valence-electron chi connectivity index (χ2n) is 2.36. The van der Waals surface area contributed by atoms with Crippen molar-refractivity contribution < 1.29 is 23.8 Å². The molecule has 12 heavy (non-hydrogen) atoms. The number of rotatable bonds is 4. The number of hydrogen-bond acceptors (Lipinski definition) is 4. The van der Waals surface area contributed by atoms with Crippen molar-refractivity contribution in [1.29, 1.82) is 0 Å². The van der Waals surface area contributed by atoms with Crippen LogP contribution in [0.1, 0.15) is 13.8 Å². The van der Waals surface area contributed by atoms with E-state index >= 15 is 0 Å². The van der Waals surface area contributed by atoms with Gasteiger partial charge >= 0.3 is 12.7 Å². The first-order chi connectivity index (χ1) is 5.33. The Hall–Kier alpha value is -0.0000000000000000833. The number of ether oxygens (including phenoxy) is 1. The Kier molecular flexibility index (Phi) is 4.89. The highest BCUT2D eigenvalue weighted by atomic mass is 32.5. The molecule has 0 saturated heterocycles. The van der Waals surface area contributed by atoms with E-state index in [1.54, 1.807) is 13.8 Å². The van der Waals surface area contributed by atoms with Gasteiger partial charge in [-0.05, 0) is 11.8 Å². The minimum absolute atomic E-state index is 0.274. The smallest absolute Gasteiger partial charge is 0.324 e. The average Bonchev–Trinajstić information content (AvgIpc) is 1.84. The van der Waals surface area contributed by atoms with Crippen molar-refractivity contribution in [3.05, 3.63) is 0 Å². The third-order valence-corrected chi connectivity index (χ3v) is 1.65. The van der Waals surface area contributed by atoms with E-state index in [4.69, 9.17) is 9.79 Å². The van der Waals surface area contributed by atoms with Crippen LogP contribution in [0.4, 0.5) is 0 Å². The highest BCUT2D eigenvalue weighted by Crippen LogP contribution is 2.35. The van der Waals surface area contributed by atoms with Crippen molar-refractivity contribution >= 4 is 24.5 Å². The largest absolute Gasteiger partial charge is 0.438 e. The van der Waals surface area contributed by atoms with Gasteiger partial charge in [0.05, 0.1) is 5.92 Å². The molecule has 7 heteroatoms. The van der Waals surface area contributed by atoms with Gasteiger partial charge in [0, 0.05) is 0 Å². The van der Waals surface area contributed by atoms with Crippen LogP contribution in [0.25, 0.3) is 0 Å². The molecule has 0 aliphatic rings. The number of carbonyl (C=O) groups excluding carboxylic acids is 1. The molecule has 0 aliphatic carbocycles. The van der Waals surface area contributed by atoms with E-state index in [1.165, 1.54) is 0 Å². The Balaban J connectivity index is 3.58. The zero-order valence-corrected chi connectivity index (χ0v) is 8.47. The minimum Gasteiger partial charge on any atom is -0.438 e. The summed E-state index contributed by atoms with van der Waals surface area (Å²) in [6, 6.07) is 0. The lowest BCUT2D eigenvalue weighted by Gasteiger charge is -2.09. The topological polar surface area (TPSA) is 76.0 Å². The summed E-state index contributed by atoms with van der Waals surface area (Å²) in [5.41, 5.74) is 0. The zero-order chi connectivity index (χ0) is 9.78. The third-order valence-electron chi connectivity index (χ3n) is 0.893. The molecule has 0 spiro atoms. The molecule has 2 N–H and O–H groups in total. The van der Waals surface area contributed by atoms with Crippen molar-refractivity contribution in [2.24, 2.45) is 5.92 Å². The fourth-order valence-electron chi connectivity index (χ4n) is 0.320. The van der Waals surface area contributed by atoms with Crippen molar-refractivity contribution in [2.75, 3.05) is 6.79 Å². The minimum atomic E-state index is -3.70. The molecular formula is C5H11O5PS. The molecule has 0 saturated carbocycles. The van der Waals surface area contributed by atoms with E-state index in [0.29, 0.717) is 0 Å². The summed E-state index contributed by atoms with van der Waals surface area (Å²) >= 11 is 4.11. The molecule has 0 aromatic carbocycles. The molecule has 0 atom stereocenters. The first-order valence-corrected chi connectivity index (χ1v) is 5.82. The van der Waals surface area contributed by atoms with E-state index in [1.807, 2.05) is 0 Å². The number of hydrogen-bond donors (Lipinski definition) is 2. The fraction of sp³-hybridized carbons (Fsp3) is 0.800. The predicted molar refractivity (Wildman–Crippen MR) is 45.6 cm³/mol. The molecule has 0 amide bonds. The third kappa shape index (κ3) is 6.69. The van der Waals surface area contributed by atoms with Crippen LogP contribution in [-0.4, -0.2) is 22.5 Å². The second kappa shape index (κ2) is 4.89. The summed E-state index contributed by atoms with van der Waals surface area (Å²) in [5, 5.41) is 0. The molecule has 0 aromatic rings. The van der Waals surface area contributed by atoms with Gasteiger partial charge < -0.3 is 14.5 Å². The van der Waals surface area contributed by atoms with Crippen LogP contribution in [0.5, 0.6) is 0 Å². The molecule has 0 fully saturated rings. The van der Waals surface area contributed by atoms with Crippen molar-refractivity contribution in [3.63, 3.8) is 0 Å². The maximum absolute atomic E-state index is 10.7. The summed E-state index contributed by atoms with van der Waals surface area (Å²) in [6.45, 7) is -0.910. The highest BCUT2D eigenvalue weighted by Gasteiger charge is 2.11. The summed E-state index contributed by atoms with van der Waals surface area (Å²) in [5.74, 6) is -0.748. The van der Waals surface area contributed by atoms with Gasteiger partial charge in [0.2, 0.25) is 6.79 Å². The lowest BCUT2D eigenvalue weighted by Crippen LogP contribution is -2.13. The van der Waals surface area contributed by atoms with E-state index in [-0.39, 0.29) is 5.92 Å². The van der Waals surface area contributed by atoms with Crippen LogP contribution < -0.4 is 0 Å². The molecule has 72 valence electrons. The van der Waals surface area contributed by atoms with E-state index < -0.39 is 19.5 Å². The van der Waals surface area contributed by atoms with Crippen molar-refractivity contribution in [1.82, 2.24) is 0 Å². The quantitative estimate of drug-likeness (QED) is 0.400. The van der Waals surface area contributed by atoms with E-state index in [0.717, 1.165) is 0 Å². The number of esters is 1. The lowest BCUT2D eigenvalue weighted by molar-refractivity contribution is -0.154. The first kappa shape index (κ1) is 12.0. The molecule has 0 rings (SSSR count). The summed E-state index contributed by atoms with van der Waals surface area (Å²) in [4.78, 5) is 27.8. The van der Waals surface area contributed by atoms with Gasteiger partial charge in [0.1, 0.15) is 0 Å². The van der Waals surface area contributed by atoms with Crippen molar-refractivity contribution in [2.45, 2.75) is 13.8 Å². The maximum atomic E-state index is 10.7. The molecule has 0 heterocycles. The molecule has 5 nitrogen and oxygen atoms in total. The summed E-state index contributed by atoms with van der Waals surface area (Å²) in [7, 11) is 0. The lowest BCUT2D eigenvalue weighted by atomic mass is 10.2. The zero-order valence-electron chi connectivity index (χ0n) is 6.76. The standard InChI is InChI=1S/C5H11O5PS/c1-4(2)5(6)9-3-10-11(7,8)12/h4H,3H2,1-2H3,(H2,7,8,12). The molecule has 0 bridgehead atoms. The SMILES string of the molecule is CC(C)C(=O)OCOP(O)(O)=S. The van der Waals surface area contributed by atoms with Gasteiger partial charge in [-0.25, -0.2) is 0 Å². The predicted octanol–water partition coefficient (Wildman–Crippen LogP) is 0.369. The molecule has 0 radical (unpaired) electrons. The van der Waals surface area contributed by atoms with Crippen LogP contribution in [0.2, 0.25) is 0 Å². The Labute approximate surface area is 75.6 Å². The van der Waals surface area contributed by atoms with Gasteiger partial charge in [-0.3, -0.25) is 9.32 Å². The van der Waals surface area contributed by atoms with E-state index in [2.05, 4.69) is 21.1 Å². The summed E-state index contributed by atoms with van der Waals surface area (Å²) in [6.07, 6.45) is 0. The molecule has 0 unspecified atom stereocenters. The second-order valence-corrected chi connectivity index (χ2v) is 5.02. The van der Waals surface area contributed by atoms with Crippen LogP contribution in [-0.2, 0) is 25.9 Å². The summed E-state index contributed by atoms with van der Waals surface area (Å²) < 4.78 is 8.70. The Morgan fingerprint density at radius 2 is 2.08 bits per heavy atom. The van der Waals surface area contributed by atoms with Crippen LogP contribution in [0, 0.1) is 5.92 Å². The molecule has 0 aliphatic heterocycles. The van der Waals surface area contributed by atoms with Crippen LogP contribution in [0.3, 0.4) is 0 Å². The number of carbonyl (C=O) groups is 1. The van der Waals surface area contributed by atoms with Gasteiger partial charge in [-0.2, -0.15) is 0 Å². The first-order valence-electron chi connectivity index (χ1n) is 3.19. The fourth-order valence-corrected chi connectivity index (χ4v) is 0.639. The Morgan fingerprint density at radius 3 is 2.42 bits per heavy atom. The van der Waals surface area contributed by atoms with Crippen molar-refractivity contribution in [3.8, 4) is 0 Å². The molecule has 0 aromatic heterocycles. The Morgan fingerprint density at radius 1 is 1.58 bits per heavy atom. The van der Waals surface area contributed by atoms with Gasteiger partial charge in [-0.1, -0.05) is 13.8 Å². The van der Waals surface area contributed by atoms with E-state index in [9.17, 15) is 4.79 Å². The molecular weight excluding hydrogens is 203 g/mol. The van der Waals surface area contributed by atoms with Gasteiger partial charge in [0.25, 0.3) is 0 Å². The average molecular weight is 214 g/mol. The Bertz CT molecular complexity index is 198. The maximum Gasteiger partial charge on any atom is 0.324 e. The highest BCUT2D eigenvalue weighted by molar-refractivity contribution is 8.06.